The van der Waals surface area contributed by atoms with Crippen molar-refractivity contribution >= 4 is 61.1 Å². The van der Waals surface area contributed by atoms with E-state index in [1.807, 2.05) is 29.8 Å². The predicted molar refractivity (Wildman–Crippen MR) is 104 cm³/mol. The molecule has 0 saturated carbocycles. The van der Waals surface area contributed by atoms with Gasteiger partial charge in [0, 0.05) is 24.6 Å². The van der Waals surface area contributed by atoms with E-state index in [0.29, 0.717) is 36.9 Å². The summed E-state index contributed by atoms with van der Waals surface area (Å²) in [6.45, 7) is 2.43. The zero-order valence-corrected chi connectivity index (χ0v) is 17.0. The monoisotopic (exact) mass is 443 g/mol. The third kappa shape index (κ3) is 4.72. The van der Waals surface area contributed by atoms with Crippen LogP contribution in [-0.4, -0.2) is 59.1 Å². The standard InChI is InChI=1S/C16H18BrN3O3S2/c1-19-12-3-2-11(17)8-13(12)25-16(19)18-14(21)9-24-10-15(22)20-4-6-23-7-5-20/h2-3,8H,4-7,9-10H2,1H3. The second kappa shape index (κ2) is 8.48. The summed E-state index contributed by atoms with van der Waals surface area (Å²) in [5.74, 6) is 0.334. The fourth-order valence-corrected chi connectivity index (χ4v) is 4.77. The third-order valence-electron chi connectivity index (χ3n) is 3.81. The molecule has 0 radical (unpaired) electrons. The third-order valence-corrected chi connectivity index (χ3v) is 6.30. The lowest BCUT2D eigenvalue weighted by molar-refractivity contribution is -0.132. The van der Waals surface area contributed by atoms with Crippen LogP contribution in [0.4, 0.5) is 0 Å². The van der Waals surface area contributed by atoms with E-state index in [1.165, 1.54) is 23.1 Å². The van der Waals surface area contributed by atoms with Crippen LogP contribution in [0.2, 0.25) is 0 Å². The summed E-state index contributed by atoms with van der Waals surface area (Å²) in [5.41, 5.74) is 1.04. The highest BCUT2D eigenvalue weighted by Crippen LogP contribution is 2.21. The number of ether oxygens (including phenoxy) is 1. The Morgan fingerprint density at radius 3 is 2.84 bits per heavy atom. The fourth-order valence-electron chi connectivity index (χ4n) is 2.48. The first kappa shape index (κ1) is 18.6. The average molecular weight is 444 g/mol. The highest BCUT2D eigenvalue weighted by atomic mass is 79.9. The number of rotatable bonds is 4. The number of hydrogen-bond acceptors (Lipinski definition) is 5. The molecule has 1 aromatic heterocycles. The molecule has 1 aliphatic rings. The van der Waals surface area contributed by atoms with E-state index in [2.05, 4.69) is 20.9 Å². The van der Waals surface area contributed by atoms with Crippen LogP contribution in [0.25, 0.3) is 10.2 Å². The number of halogens is 1. The molecule has 2 heterocycles. The van der Waals surface area contributed by atoms with Gasteiger partial charge in [-0.2, -0.15) is 4.99 Å². The molecule has 6 nitrogen and oxygen atoms in total. The summed E-state index contributed by atoms with van der Waals surface area (Å²) in [6.07, 6.45) is 0. The Labute approximate surface area is 162 Å². The van der Waals surface area contributed by atoms with E-state index in [4.69, 9.17) is 4.74 Å². The van der Waals surface area contributed by atoms with Crippen LogP contribution < -0.4 is 4.80 Å². The van der Waals surface area contributed by atoms with Crippen LogP contribution in [-0.2, 0) is 21.4 Å². The maximum Gasteiger partial charge on any atom is 0.258 e. The maximum absolute atomic E-state index is 12.1. The molecule has 2 aromatic rings. The molecule has 0 spiro atoms. The van der Waals surface area contributed by atoms with E-state index >= 15 is 0 Å². The normalized spacial score (nSPS) is 15.8. The average Bonchev–Trinajstić information content (AvgIpc) is 2.90. The number of amides is 2. The van der Waals surface area contributed by atoms with Gasteiger partial charge in [-0.05, 0) is 18.2 Å². The molecule has 134 valence electrons. The topological polar surface area (TPSA) is 63.9 Å². The molecule has 0 bridgehead atoms. The van der Waals surface area contributed by atoms with Gasteiger partial charge in [0.15, 0.2) is 4.80 Å². The van der Waals surface area contributed by atoms with Crippen molar-refractivity contribution < 1.29 is 14.3 Å². The van der Waals surface area contributed by atoms with E-state index in [0.717, 1.165) is 14.7 Å². The minimum atomic E-state index is -0.221. The molecule has 1 aliphatic heterocycles. The quantitative estimate of drug-likeness (QED) is 0.724. The van der Waals surface area contributed by atoms with Gasteiger partial charge in [0.25, 0.3) is 5.91 Å². The van der Waals surface area contributed by atoms with Gasteiger partial charge in [-0.25, -0.2) is 0 Å². The first-order chi connectivity index (χ1) is 12.0. The Bertz CT molecular complexity index is 856. The Morgan fingerprint density at radius 2 is 2.08 bits per heavy atom. The molecule has 25 heavy (non-hydrogen) atoms. The predicted octanol–water partition coefficient (Wildman–Crippen LogP) is 2.02. The molecule has 3 rings (SSSR count). The number of carbonyl (C=O) groups is 2. The van der Waals surface area contributed by atoms with Crippen molar-refractivity contribution in [1.82, 2.24) is 9.47 Å². The van der Waals surface area contributed by atoms with Crippen molar-refractivity contribution in [3.8, 4) is 0 Å². The second-order valence-electron chi connectivity index (χ2n) is 5.55. The molecule has 2 amide bonds. The number of thioether (sulfide) groups is 1. The van der Waals surface area contributed by atoms with Crippen molar-refractivity contribution in [1.29, 1.82) is 0 Å². The van der Waals surface area contributed by atoms with Crippen LogP contribution in [0.1, 0.15) is 0 Å². The number of nitrogens with zero attached hydrogens (tertiary/aromatic N) is 3. The van der Waals surface area contributed by atoms with Crippen LogP contribution in [0.3, 0.4) is 0 Å². The van der Waals surface area contributed by atoms with Gasteiger partial charge in [0.2, 0.25) is 5.91 Å². The summed E-state index contributed by atoms with van der Waals surface area (Å²) in [4.78, 5) is 30.8. The van der Waals surface area contributed by atoms with Crippen molar-refractivity contribution in [3.05, 3.63) is 27.5 Å². The van der Waals surface area contributed by atoms with Gasteiger partial charge in [-0.15, -0.1) is 11.8 Å². The second-order valence-corrected chi connectivity index (χ2v) is 8.46. The van der Waals surface area contributed by atoms with Gasteiger partial charge in [0.05, 0.1) is 34.9 Å². The molecule has 1 saturated heterocycles. The molecule has 9 heteroatoms. The van der Waals surface area contributed by atoms with Gasteiger partial charge in [0.1, 0.15) is 0 Å². The summed E-state index contributed by atoms with van der Waals surface area (Å²) < 4.78 is 9.20. The van der Waals surface area contributed by atoms with Crippen molar-refractivity contribution in [2.75, 3.05) is 37.8 Å². The van der Waals surface area contributed by atoms with Crippen molar-refractivity contribution in [2.45, 2.75) is 0 Å². The molecular formula is C16H18BrN3O3S2. The number of morpholine rings is 1. The van der Waals surface area contributed by atoms with Crippen LogP contribution in [0.5, 0.6) is 0 Å². The Morgan fingerprint density at radius 1 is 1.32 bits per heavy atom. The number of thiazole rings is 1. The summed E-state index contributed by atoms with van der Waals surface area (Å²) in [6, 6.07) is 5.97. The Hall–Kier alpha value is -1.16. The van der Waals surface area contributed by atoms with E-state index in [-0.39, 0.29) is 17.6 Å². The lowest BCUT2D eigenvalue weighted by atomic mass is 10.3. The largest absolute Gasteiger partial charge is 0.378 e. The van der Waals surface area contributed by atoms with Crippen molar-refractivity contribution in [3.63, 3.8) is 0 Å². The SMILES string of the molecule is Cn1c(=NC(=O)CSCC(=O)N2CCOCC2)sc2cc(Br)ccc21. The maximum atomic E-state index is 12.1. The minimum absolute atomic E-state index is 0.0540. The van der Waals surface area contributed by atoms with E-state index in [9.17, 15) is 9.59 Å². The molecular weight excluding hydrogens is 426 g/mol. The fraction of sp³-hybridized carbons (Fsp3) is 0.438. The first-order valence-corrected chi connectivity index (χ1v) is 10.6. The summed E-state index contributed by atoms with van der Waals surface area (Å²) in [5, 5.41) is 0. The smallest absolute Gasteiger partial charge is 0.258 e. The number of aromatic nitrogens is 1. The van der Waals surface area contributed by atoms with Crippen LogP contribution >= 0.6 is 39.0 Å². The molecule has 0 atom stereocenters. The minimum Gasteiger partial charge on any atom is -0.378 e. The molecule has 0 unspecified atom stereocenters. The van der Waals surface area contributed by atoms with Gasteiger partial charge in [-0.1, -0.05) is 27.3 Å². The zero-order chi connectivity index (χ0) is 17.8. The van der Waals surface area contributed by atoms with Gasteiger partial charge in [-0.3, -0.25) is 9.59 Å². The number of fused-ring (bicyclic) bond motifs is 1. The Kier molecular flexibility index (Phi) is 6.32. The summed E-state index contributed by atoms with van der Waals surface area (Å²) in [7, 11) is 1.90. The van der Waals surface area contributed by atoms with Gasteiger partial charge < -0.3 is 14.2 Å². The zero-order valence-electron chi connectivity index (χ0n) is 13.7. The lowest BCUT2D eigenvalue weighted by Crippen LogP contribution is -2.41. The van der Waals surface area contributed by atoms with Crippen LogP contribution in [0.15, 0.2) is 27.7 Å². The molecule has 1 fully saturated rings. The van der Waals surface area contributed by atoms with E-state index < -0.39 is 0 Å². The van der Waals surface area contributed by atoms with E-state index in [1.54, 1.807) is 4.90 Å². The Balaban J connectivity index is 1.59. The van der Waals surface area contributed by atoms with Crippen LogP contribution in [0, 0.1) is 0 Å². The number of benzene rings is 1. The van der Waals surface area contributed by atoms with Crippen molar-refractivity contribution in [2.24, 2.45) is 12.0 Å². The number of hydrogen-bond donors (Lipinski definition) is 0. The molecule has 1 aromatic carbocycles. The highest BCUT2D eigenvalue weighted by molar-refractivity contribution is 9.10. The molecule has 0 N–H and O–H groups in total. The lowest BCUT2D eigenvalue weighted by Gasteiger charge is -2.26. The highest BCUT2D eigenvalue weighted by Gasteiger charge is 2.17. The van der Waals surface area contributed by atoms with Gasteiger partial charge >= 0.3 is 0 Å². The number of aryl methyl sites for hydroxylation is 1. The number of carbonyl (C=O) groups excluding carboxylic acids is 2. The first-order valence-electron chi connectivity index (χ1n) is 7.80. The molecule has 0 aliphatic carbocycles. The summed E-state index contributed by atoms with van der Waals surface area (Å²) >= 11 is 6.24.